The quantitative estimate of drug-likeness (QED) is 0.290. The number of thiocarbonyl (C=S) groups is 1. The summed E-state index contributed by atoms with van der Waals surface area (Å²) in [6, 6.07) is 15.5. The molecule has 1 aromatic heterocycles. The summed E-state index contributed by atoms with van der Waals surface area (Å²) in [6.45, 7) is 1.75. The number of amides is 1. The Morgan fingerprint density at radius 1 is 1.06 bits per heavy atom. The number of fused-ring (bicyclic) bond motifs is 1. The smallest absolute Gasteiger partial charge is 0.257 e. The van der Waals surface area contributed by atoms with Crippen LogP contribution in [0, 0.1) is 6.92 Å². The largest absolute Gasteiger partial charge is 0.507 e. The van der Waals surface area contributed by atoms with Crippen molar-refractivity contribution in [2.45, 2.75) is 6.92 Å². The van der Waals surface area contributed by atoms with Crippen LogP contribution >= 0.6 is 12.2 Å². The standard InChI is InChI=1S/C24H21N3O5S/c1-13-10-15(12-16(21(13)28)23-26-17-6-4-5-7-18(17)32-23)25-24(33)27-22(29)14-8-9-19(30-2)20(11-14)31-3/h4-12,28H,1-3H3,(H2,25,27,29,33). The molecule has 4 aromatic rings. The molecule has 0 unspecified atom stereocenters. The number of hydrogen-bond donors (Lipinski definition) is 3. The number of para-hydroxylation sites is 2. The summed E-state index contributed by atoms with van der Waals surface area (Å²) in [5.41, 5.74) is 3.20. The minimum Gasteiger partial charge on any atom is -0.507 e. The van der Waals surface area contributed by atoms with E-state index in [4.69, 9.17) is 26.1 Å². The highest BCUT2D eigenvalue weighted by atomic mass is 32.1. The number of phenolic OH excluding ortho intramolecular Hbond substituents is 1. The van der Waals surface area contributed by atoms with Gasteiger partial charge < -0.3 is 24.3 Å². The average Bonchev–Trinajstić information content (AvgIpc) is 3.24. The number of carbonyl (C=O) groups excluding carboxylic acids is 1. The highest BCUT2D eigenvalue weighted by molar-refractivity contribution is 7.80. The summed E-state index contributed by atoms with van der Waals surface area (Å²) >= 11 is 5.31. The number of nitrogens with one attached hydrogen (secondary N) is 2. The molecule has 0 saturated heterocycles. The van der Waals surface area contributed by atoms with Gasteiger partial charge in [0.25, 0.3) is 5.91 Å². The van der Waals surface area contributed by atoms with Gasteiger partial charge in [0, 0.05) is 11.3 Å². The second-order valence-corrected chi connectivity index (χ2v) is 7.56. The van der Waals surface area contributed by atoms with Crippen LogP contribution in [0.5, 0.6) is 17.2 Å². The van der Waals surface area contributed by atoms with Crippen LogP contribution in [0.4, 0.5) is 5.69 Å². The number of phenols is 1. The third-order valence-corrected chi connectivity index (χ3v) is 5.16. The van der Waals surface area contributed by atoms with Crippen LogP contribution in [0.25, 0.3) is 22.6 Å². The predicted octanol–water partition coefficient (Wildman–Crippen LogP) is 4.65. The number of aryl methyl sites for hydroxylation is 1. The molecule has 1 amide bonds. The number of carbonyl (C=O) groups is 1. The molecule has 0 aliphatic rings. The van der Waals surface area contributed by atoms with E-state index in [-0.39, 0.29) is 16.8 Å². The number of nitrogens with zero attached hydrogens (tertiary/aromatic N) is 1. The molecule has 0 aliphatic carbocycles. The van der Waals surface area contributed by atoms with E-state index in [1.165, 1.54) is 14.2 Å². The monoisotopic (exact) mass is 463 g/mol. The van der Waals surface area contributed by atoms with E-state index in [9.17, 15) is 9.90 Å². The molecule has 33 heavy (non-hydrogen) atoms. The summed E-state index contributed by atoms with van der Waals surface area (Å²) in [5.74, 6) is 0.860. The van der Waals surface area contributed by atoms with Crippen molar-refractivity contribution in [3.63, 3.8) is 0 Å². The molecule has 168 valence electrons. The van der Waals surface area contributed by atoms with Crippen molar-refractivity contribution in [1.82, 2.24) is 10.3 Å². The maximum absolute atomic E-state index is 12.6. The summed E-state index contributed by atoms with van der Waals surface area (Å²) in [4.78, 5) is 17.1. The molecule has 0 fully saturated rings. The fourth-order valence-electron chi connectivity index (χ4n) is 3.32. The van der Waals surface area contributed by atoms with Crippen molar-refractivity contribution in [1.29, 1.82) is 0 Å². The van der Waals surface area contributed by atoms with E-state index in [0.29, 0.717) is 45.0 Å². The van der Waals surface area contributed by atoms with Crippen LogP contribution < -0.4 is 20.1 Å². The van der Waals surface area contributed by atoms with Gasteiger partial charge in [0.1, 0.15) is 11.3 Å². The molecule has 0 spiro atoms. The van der Waals surface area contributed by atoms with Gasteiger partial charge in [-0.25, -0.2) is 4.98 Å². The van der Waals surface area contributed by atoms with E-state index in [1.807, 2.05) is 18.2 Å². The molecule has 0 atom stereocenters. The van der Waals surface area contributed by atoms with Crippen molar-refractivity contribution in [2.75, 3.05) is 19.5 Å². The Kier molecular flexibility index (Phi) is 6.14. The van der Waals surface area contributed by atoms with Crippen LogP contribution in [-0.2, 0) is 0 Å². The SMILES string of the molecule is COc1ccc(C(=O)NC(=S)Nc2cc(C)c(O)c(-c3nc4ccccc4o3)c2)cc1OC. The first-order valence-electron chi connectivity index (χ1n) is 9.93. The zero-order valence-electron chi connectivity index (χ0n) is 18.1. The summed E-state index contributed by atoms with van der Waals surface area (Å²) in [7, 11) is 3.01. The van der Waals surface area contributed by atoms with E-state index in [1.54, 1.807) is 43.3 Å². The molecule has 0 aliphatic heterocycles. The summed E-state index contributed by atoms with van der Waals surface area (Å²) < 4.78 is 16.2. The topological polar surface area (TPSA) is 106 Å². The van der Waals surface area contributed by atoms with Gasteiger partial charge >= 0.3 is 0 Å². The average molecular weight is 464 g/mol. The molecule has 8 nitrogen and oxygen atoms in total. The Morgan fingerprint density at radius 3 is 2.55 bits per heavy atom. The Bertz CT molecular complexity index is 1330. The minimum atomic E-state index is -0.414. The lowest BCUT2D eigenvalue weighted by molar-refractivity contribution is 0.0977. The number of ether oxygens (including phenoxy) is 2. The maximum atomic E-state index is 12.6. The van der Waals surface area contributed by atoms with Gasteiger partial charge in [0.15, 0.2) is 22.2 Å². The molecule has 9 heteroatoms. The summed E-state index contributed by atoms with van der Waals surface area (Å²) in [5, 5.41) is 16.3. The first kappa shape index (κ1) is 22.1. The van der Waals surface area contributed by atoms with Gasteiger partial charge in [-0.15, -0.1) is 0 Å². The second-order valence-electron chi connectivity index (χ2n) is 7.15. The number of aromatic hydroxyl groups is 1. The van der Waals surface area contributed by atoms with Gasteiger partial charge in [-0.3, -0.25) is 10.1 Å². The van der Waals surface area contributed by atoms with Crippen LogP contribution in [-0.4, -0.2) is 35.3 Å². The number of rotatable bonds is 5. The molecule has 0 saturated carbocycles. The normalized spacial score (nSPS) is 10.6. The van der Waals surface area contributed by atoms with Gasteiger partial charge in [0.05, 0.1) is 19.8 Å². The van der Waals surface area contributed by atoms with Crippen molar-refractivity contribution in [3.05, 3.63) is 65.7 Å². The van der Waals surface area contributed by atoms with E-state index < -0.39 is 5.91 Å². The third-order valence-electron chi connectivity index (χ3n) is 4.96. The van der Waals surface area contributed by atoms with Crippen molar-refractivity contribution in [2.24, 2.45) is 0 Å². The number of aromatic nitrogens is 1. The van der Waals surface area contributed by atoms with Crippen molar-refractivity contribution >= 4 is 40.0 Å². The number of methoxy groups -OCH3 is 2. The van der Waals surface area contributed by atoms with Crippen molar-refractivity contribution < 1.29 is 23.8 Å². The number of benzene rings is 3. The van der Waals surface area contributed by atoms with Gasteiger partial charge in [-0.05, 0) is 67.2 Å². The first-order valence-corrected chi connectivity index (χ1v) is 10.3. The molecule has 0 bridgehead atoms. The zero-order valence-corrected chi connectivity index (χ0v) is 18.9. The van der Waals surface area contributed by atoms with Crippen LogP contribution in [0.15, 0.2) is 59.0 Å². The lowest BCUT2D eigenvalue weighted by atomic mass is 10.1. The van der Waals surface area contributed by atoms with E-state index >= 15 is 0 Å². The lowest BCUT2D eigenvalue weighted by Crippen LogP contribution is -2.34. The van der Waals surface area contributed by atoms with E-state index in [2.05, 4.69) is 15.6 Å². The molecular weight excluding hydrogens is 442 g/mol. The first-order chi connectivity index (χ1) is 15.9. The second kappa shape index (κ2) is 9.17. The molecule has 0 radical (unpaired) electrons. The van der Waals surface area contributed by atoms with Gasteiger partial charge in [-0.2, -0.15) is 0 Å². The van der Waals surface area contributed by atoms with Crippen LogP contribution in [0.2, 0.25) is 0 Å². The van der Waals surface area contributed by atoms with Crippen LogP contribution in [0.3, 0.4) is 0 Å². The Labute approximate surface area is 195 Å². The van der Waals surface area contributed by atoms with Gasteiger partial charge in [0.2, 0.25) is 5.89 Å². The van der Waals surface area contributed by atoms with E-state index in [0.717, 1.165) is 0 Å². The fourth-order valence-corrected chi connectivity index (χ4v) is 3.53. The molecule has 1 heterocycles. The van der Waals surface area contributed by atoms with Crippen molar-refractivity contribution in [3.8, 4) is 28.7 Å². The zero-order chi connectivity index (χ0) is 23.5. The number of anilines is 1. The predicted molar refractivity (Wildman–Crippen MR) is 129 cm³/mol. The fraction of sp³-hybridized carbons (Fsp3) is 0.125. The molecule has 3 aromatic carbocycles. The Balaban J connectivity index is 1.54. The Hall–Kier alpha value is -4.11. The summed E-state index contributed by atoms with van der Waals surface area (Å²) in [6.07, 6.45) is 0. The Morgan fingerprint density at radius 2 is 1.82 bits per heavy atom. The third kappa shape index (κ3) is 4.58. The lowest BCUT2D eigenvalue weighted by Gasteiger charge is -2.13. The van der Waals surface area contributed by atoms with Crippen LogP contribution in [0.1, 0.15) is 15.9 Å². The minimum absolute atomic E-state index is 0.0485. The maximum Gasteiger partial charge on any atom is 0.257 e. The number of hydrogen-bond acceptors (Lipinski definition) is 7. The highest BCUT2D eigenvalue weighted by Gasteiger charge is 2.17. The molecular formula is C24H21N3O5S. The van der Waals surface area contributed by atoms with Gasteiger partial charge in [-0.1, -0.05) is 12.1 Å². The molecule has 3 N–H and O–H groups in total. The number of oxazole rings is 1. The highest BCUT2D eigenvalue weighted by Crippen LogP contribution is 2.36. The molecule has 4 rings (SSSR count).